The second-order valence-electron chi connectivity index (χ2n) is 7.69. The number of carbonyl (C=O) groups excluding carboxylic acids is 1. The van der Waals surface area contributed by atoms with Crippen LogP contribution in [0.15, 0.2) is 60.7 Å². The van der Waals surface area contributed by atoms with Gasteiger partial charge in [0, 0.05) is 5.69 Å². The number of hydrogen-bond donors (Lipinski definition) is 4. The van der Waals surface area contributed by atoms with Crippen LogP contribution in [0.1, 0.15) is 5.56 Å². The maximum atomic E-state index is 13.0. The number of rotatable bonds is 5. The lowest BCUT2D eigenvalue weighted by molar-refractivity contribution is -1.01. The Balaban J connectivity index is 1.31. The number of carbonyl (C=O) groups is 1. The first kappa shape index (κ1) is 19.4. The van der Waals surface area contributed by atoms with Gasteiger partial charge in [0.15, 0.2) is 6.54 Å². The topological polar surface area (TPSA) is 58.2 Å². The fraction of sp³-hybridized carbons (Fsp3) is 0.261. The average molecular weight is 395 g/mol. The van der Waals surface area contributed by atoms with Gasteiger partial charge in [0.25, 0.3) is 5.91 Å². The Morgan fingerprint density at radius 2 is 1.62 bits per heavy atom. The van der Waals surface area contributed by atoms with Crippen molar-refractivity contribution in [3.8, 4) is 5.75 Å². The standard InChI is InChI=1S/C23H24FN3O2/c24-18-6-8-19(9-7-18)25-23(29)16-27-13-11-26(12-14-27)15-21-20-4-2-1-3-17(20)5-10-22(21)28/h1-10,28H,11-16H2,(H,25,29)/p+2. The molecule has 1 aliphatic rings. The Labute approximate surface area is 169 Å². The monoisotopic (exact) mass is 395 g/mol. The summed E-state index contributed by atoms with van der Waals surface area (Å²) >= 11 is 0. The Hall–Kier alpha value is -2.96. The highest BCUT2D eigenvalue weighted by Crippen LogP contribution is 2.26. The van der Waals surface area contributed by atoms with E-state index in [1.165, 1.54) is 21.9 Å². The first-order chi connectivity index (χ1) is 14.1. The van der Waals surface area contributed by atoms with Gasteiger partial charge >= 0.3 is 0 Å². The molecule has 0 spiro atoms. The van der Waals surface area contributed by atoms with Crippen LogP contribution >= 0.6 is 0 Å². The van der Waals surface area contributed by atoms with Crippen LogP contribution < -0.4 is 15.1 Å². The predicted molar refractivity (Wildman–Crippen MR) is 111 cm³/mol. The van der Waals surface area contributed by atoms with Crippen molar-refractivity contribution in [1.29, 1.82) is 0 Å². The minimum absolute atomic E-state index is 0.0539. The zero-order chi connectivity index (χ0) is 20.2. The number of aromatic hydroxyl groups is 1. The van der Waals surface area contributed by atoms with Crippen molar-refractivity contribution in [1.82, 2.24) is 0 Å². The van der Waals surface area contributed by atoms with E-state index in [4.69, 9.17) is 0 Å². The highest BCUT2D eigenvalue weighted by molar-refractivity contribution is 5.91. The summed E-state index contributed by atoms with van der Waals surface area (Å²) in [4.78, 5) is 14.9. The summed E-state index contributed by atoms with van der Waals surface area (Å²) < 4.78 is 13.0. The largest absolute Gasteiger partial charge is 0.507 e. The predicted octanol–water partition coefficient (Wildman–Crippen LogP) is 0.607. The molecule has 1 saturated heterocycles. The molecule has 3 aromatic carbocycles. The lowest BCUT2D eigenvalue weighted by Gasteiger charge is -2.29. The third-order valence-corrected chi connectivity index (χ3v) is 5.65. The molecule has 0 atom stereocenters. The van der Waals surface area contributed by atoms with Gasteiger partial charge in [-0.05, 0) is 41.1 Å². The van der Waals surface area contributed by atoms with Crippen molar-refractivity contribution >= 4 is 22.4 Å². The van der Waals surface area contributed by atoms with Crippen LogP contribution in [0.2, 0.25) is 0 Å². The molecular formula is C23H26FN3O2+2. The Kier molecular flexibility index (Phi) is 5.74. The zero-order valence-electron chi connectivity index (χ0n) is 16.2. The molecule has 1 heterocycles. The summed E-state index contributed by atoms with van der Waals surface area (Å²) in [7, 11) is 0. The fourth-order valence-electron chi connectivity index (χ4n) is 4.04. The molecular weight excluding hydrogens is 369 g/mol. The third-order valence-electron chi connectivity index (χ3n) is 5.65. The van der Waals surface area contributed by atoms with Gasteiger partial charge in [-0.1, -0.05) is 30.3 Å². The van der Waals surface area contributed by atoms with Crippen LogP contribution in [0.4, 0.5) is 10.1 Å². The molecule has 29 heavy (non-hydrogen) atoms. The fourth-order valence-corrected chi connectivity index (χ4v) is 4.04. The molecule has 0 radical (unpaired) electrons. The number of fused-ring (bicyclic) bond motifs is 1. The molecule has 3 aromatic rings. The van der Waals surface area contributed by atoms with E-state index in [1.807, 2.05) is 18.2 Å². The molecule has 0 unspecified atom stereocenters. The molecule has 150 valence electrons. The van der Waals surface area contributed by atoms with E-state index < -0.39 is 0 Å². The Morgan fingerprint density at radius 3 is 2.38 bits per heavy atom. The minimum atomic E-state index is -0.315. The smallest absolute Gasteiger partial charge is 0.279 e. The number of phenolic OH excluding ortho intramolecular Hbond substituents is 1. The van der Waals surface area contributed by atoms with Crippen LogP contribution in [0.5, 0.6) is 5.75 Å². The third kappa shape index (κ3) is 4.72. The van der Waals surface area contributed by atoms with Crippen molar-refractivity contribution in [2.45, 2.75) is 6.54 Å². The van der Waals surface area contributed by atoms with Crippen molar-refractivity contribution in [2.75, 3.05) is 38.0 Å². The van der Waals surface area contributed by atoms with Crippen LogP contribution in [0.25, 0.3) is 10.8 Å². The normalized spacial score (nSPS) is 19.2. The molecule has 6 heteroatoms. The number of anilines is 1. The van der Waals surface area contributed by atoms with Gasteiger partial charge in [-0.25, -0.2) is 4.39 Å². The number of phenols is 1. The lowest BCUT2D eigenvalue weighted by atomic mass is 10.0. The second-order valence-corrected chi connectivity index (χ2v) is 7.69. The van der Waals surface area contributed by atoms with Crippen LogP contribution in [-0.4, -0.2) is 43.7 Å². The zero-order valence-corrected chi connectivity index (χ0v) is 16.2. The number of piperazine rings is 1. The maximum Gasteiger partial charge on any atom is 0.279 e. The van der Waals surface area contributed by atoms with E-state index in [1.54, 1.807) is 18.2 Å². The summed E-state index contributed by atoms with van der Waals surface area (Å²) in [6, 6.07) is 17.7. The number of nitrogens with one attached hydrogen (secondary N) is 3. The van der Waals surface area contributed by atoms with Crippen molar-refractivity contribution in [2.24, 2.45) is 0 Å². The number of amides is 1. The number of benzene rings is 3. The van der Waals surface area contributed by atoms with E-state index >= 15 is 0 Å². The molecule has 0 saturated carbocycles. The van der Waals surface area contributed by atoms with Gasteiger partial charge in [0.2, 0.25) is 0 Å². The SMILES string of the molecule is O=C(C[NH+]1CC[NH+](Cc2c(O)ccc3ccccc23)CC1)Nc1ccc(F)cc1. The van der Waals surface area contributed by atoms with Gasteiger partial charge in [-0.15, -0.1) is 0 Å². The van der Waals surface area contributed by atoms with Crippen molar-refractivity contribution < 1.29 is 24.1 Å². The van der Waals surface area contributed by atoms with Crippen LogP contribution in [0.3, 0.4) is 0 Å². The van der Waals surface area contributed by atoms with Crippen LogP contribution in [0, 0.1) is 5.82 Å². The number of halogens is 1. The maximum absolute atomic E-state index is 13.0. The first-order valence-electron chi connectivity index (χ1n) is 10.0. The van der Waals surface area contributed by atoms with Gasteiger partial charge in [0.05, 0.1) is 5.56 Å². The number of quaternary nitrogens is 2. The van der Waals surface area contributed by atoms with Gasteiger partial charge < -0.3 is 20.2 Å². The Bertz CT molecular complexity index is 999. The molecule has 1 amide bonds. The molecule has 0 aliphatic carbocycles. The Morgan fingerprint density at radius 1 is 0.931 bits per heavy atom. The van der Waals surface area contributed by atoms with Gasteiger partial charge in [-0.2, -0.15) is 0 Å². The quantitative estimate of drug-likeness (QED) is 0.512. The molecule has 1 fully saturated rings. The van der Waals surface area contributed by atoms with E-state index in [0.29, 0.717) is 18.0 Å². The molecule has 4 rings (SSSR count). The van der Waals surface area contributed by atoms with Crippen molar-refractivity contribution in [3.05, 3.63) is 72.0 Å². The first-order valence-corrected chi connectivity index (χ1v) is 10.0. The lowest BCUT2D eigenvalue weighted by Crippen LogP contribution is -3.28. The van der Waals surface area contributed by atoms with Gasteiger partial charge in [-0.3, -0.25) is 4.79 Å². The van der Waals surface area contributed by atoms with E-state index in [9.17, 15) is 14.3 Å². The molecule has 0 aromatic heterocycles. The molecule has 5 nitrogen and oxygen atoms in total. The summed E-state index contributed by atoms with van der Waals surface area (Å²) in [5.74, 6) is -0.0173. The van der Waals surface area contributed by atoms with Crippen LogP contribution in [-0.2, 0) is 11.3 Å². The van der Waals surface area contributed by atoms with E-state index in [0.717, 1.165) is 49.1 Å². The highest BCUT2D eigenvalue weighted by Gasteiger charge is 2.26. The van der Waals surface area contributed by atoms with E-state index in [-0.39, 0.29) is 11.7 Å². The minimum Gasteiger partial charge on any atom is -0.507 e. The van der Waals surface area contributed by atoms with Crippen molar-refractivity contribution in [3.63, 3.8) is 0 Å². The summed E-state index contributed by atoms with van der Waals surface area (Å²) in [6.07, 6.45) is 0. The molecule has 1 aliphatic heterocycles. The van der Waals surface area contributed by atoms with Gasteiger partial charge in [0.1, 0.15) is 44.3 Å². The summed E-state index contributed by atoms with van der Waals surface area (Å²) in [5.41, 5.74) is 1.61. The van der Waals surface area contributed by atoms with E-state index in [2.05, 4.69) is 17.4 Å². The average Bonchev–Trinajstić information content (AvgIpc) is 2.73. The highest BCUT2D eigenvalue weighted by atomic mass is 19.1. The molecule has 0 bridgehead atoms. The molecule has 4 N–H and O–H groups in total. The second kappa shape index (κ2) is 8.59. The summed E-state index contributed by atoms with van der Waals surface area (Å²) in [6.45, 7) is 4.88. The summed E-state index contributed by atoms with van der Waals surface area (Å²) in [5, 5.41) is 15.4. The number of hydrogen-bond acceptors (Lipinski definition) is 2.